The smallest absolute Gasteiger partial charge is 0.420 e. The zero-order valence-electron chi connectivity index (χ0n) is 19.4. The van der Waals surface area contributed by atoms with Crippen LogP contribution < -0.4 is 14.8 Å². The second-order valence-electron chi connectivity index (χ2n) is 7.70. The normalized spacial score (nSPS) is 15.5. The Balaban J connectivity index is 1.50. The molecule has 0 atom stereocenters. The Morgan fingerprint density at radius 2 is 1.97 bits per heavy atom. The van der Waals surface area contributed by atoms with E-state index in [1.807, 2.05) is 12.1 Å². The monoisotopic (exact) mass is 524 g/mol. The minimum absolute atomic E-state index is 0.0426. The standard InChI is InChI=1S/C26H19F3N4O3S/c1-35-22-12-17(4-7-21(22)36-20-6-5-18(14-30)11-19(20)26(27,28)29)13-23-24(34)33-25(37-23)32-10-8-16-3-2-9-31-15-16/h2-7,9,11-13,15H,8,10H2,1H3,(H,32,33,34). The van der Waals surface area contributed by atoms with Crippen molar-refractivity contribution < 1.29 is 27.4 Å². The third kappa shape index (κ3) is 6.48. The maximum atomic E-state index is 13.5. The van der Waals surface area contributed by atoms with E-state index in [-0.39, 0.29) is 23.0 Å². The average Bonchev–Trinajstić information content (AvgIpc) is 3.23. The molecule has 3 aromatic rings. The quantitative estimate of drug-likeness (QED) is 0.406. The van der Waals surface area contributed by atoms with Gasteiger partial charge in [-0.1, -0.05) is 12.1 Å². The molecule has 11 heteroatoms. The first-order valence-corrected chi connectivity index (χ1v) is 11.7. The summed E-state index contributed by atoms with van der Waals surface area (Å²) in [5.74, 6) is -0.563. The molecule has 0 spiro atoms. The number of benzene rings is 2. The van der Waals surface area contributed by atoms with Gasteiger partial charge in [0, 0.05) is 18.9 Å². The number of nitrogens with zero attached hydrogens (tertiary/aromatic N) is 3. The number of rotatable bonds is 7. The highest BCUT2D eigenvalue weighted by Gasteiger charge is 2.35. The van der Waals surface area contributed by atoms with E-state index in [1.165, 1.54) is 31.0 Å². The van der Waals surface area contributed by atoms with Crippen molar-refractivity contribution in [2.24, 2.45) is 4.99 Å². The van der Waals surface area contributed by atoms with Crippen molar-refractivity contribution in [2.45, 2.75) is 12.6 Å². The van der Waals surface area contributed by atoms with Crippen molar-refractivity contribution >= 4 is 28.9 Å². The highest BCUT2D eigenvalue weighted by Crippen LogP contribution is 2.41. The predicted molar refractivity (Wildman–Crippen MR) is 133 cm³/mol. The van der Waals surface area contributed by atoms with Gasteiger partial charge in [-0.05, 0) is 71.8 Å². The van der Waals surface area contributed by atoms with Gasteiger partial charge < -0.3 is 14.8 Å². The molecule has 0 saturated carbocycles. The Bertz CT molecular complexity index is 1420. The summed E-state index contributed by atoms with van der Waals surface area (Å²) in [5.41, 5.74) is 0.402. The number of hydrogen-bond acceptors (Lipinski definition) is 7. The topological polar surface area (TPSA) is 96.6 Å². The lowest BCUT2D eigenvalue weighted by Gasteiger charge is -2.16. The number of halogens is 3. The fraction of sp³-hybridized carbons (Fsp3) is 0.154. The Labute approximate surface area is 214 Å². The molecule has 1 fully saturated rings. The maximum Gasteiger partial charge on any atom is 0.420 e. The summed E-state index contributed by atoms with van der Waals surface area (Å²) in [5, 5.41) is 12.1. The number of aliphatic imine (C=N–C) groups is 1. The Morgan fingerprint density at radius 1 is 1.16 bits per heavy atom. The van der Waals surface area contributed by atoms with Gasteiger partial charge in [-0.15, -0.1) is 0 Å². The van der Waals surface area contributed by atoms with Gasteiger partial charge in [0.15, 0.2) is 16.7 Å². The summed E-state index contributed by atoms with van der Waals surface area (Å²) in [6.07, 6.45) is 1.04. The number of nitriles is 1. The van der Waals surface area contributed by atoms with Gasteiger partial charge in [0.05, 0.1) is 29.2 Å². The van der Waals surface area contributed by atoms with Crippen molar-refractivity contribution in [3.8, 4) is 23.3 Å². The zero-order chi connectivity index (χ0) is 26.4. The number of nitrogens with one attached hydrogen (secondary N) is 1. The molecule has 0 unspecified atom stereocenters. The molecule has 0 bridgehead atoms. The molecule has 1 saturated heterocycles. The third-order valence-electron chi connectivity index (χ3n) is 5.15. The number of methoxy groups -OCH3 is 1. The van der Waals surface area contributed by atoms with Gasteiger partial charge in [0.25, 0.3) is 5.91 Å². The maximum absolute atomic E-state index is 13.5. The number of alkyl halides is 3. The molecule has 1 aromatic heterocycles. The van der Waals surface area contributed by atoms with Crippen LogP contribution in [0.25, 0.3) is 6.08 Å². The summed E-state index contributed by atoms with van der Waals surface area (Å²) in [6, 6.07) is 13.1. The highest BCUT2D eigenvalue weighted by molar-refractivity contribution is 8.18. The summed E-state index contributed by atoms with van der Waals surface area (Å²) in [6.45, 7) is 0.483. The number of carbonyl (C=O) groups excluding carboxylic acids is 1. The Kier molecular flexibility index (Phi) is 7.79. The largest absolute Gasteiger partial charge is 0.493 e. The van der Waals surface area contributed by atoms with Crippen LogP contribution in [0.15, 0.2) is 70.8 Å². The Hall–Kier alpha value is -4.30. The second-order valence-corrected chi connectivity index (χ2v) is 8.73. The van der Waals surface area contributed by atoms with Gasteiger partial charge >= 0.3 is 6.18 Å². The van der Waals surface area contributed by atoms with Crippen LogP contribution in [0, 0.1) is 11.3 Å². The SMILES string of the molecule is COc1cc(C=C2SC(=NCCc3cccnc3)NC2=O)ccc1Oc1ccc(C#N)cc1C(F)(F)F. The van der Waals surface area contributed by atoms with Crippen molar-refractivity contribution in [1.82, 2.24) is 10.3 Å². The van der Waals surface area contributed by atoms with E-state index in [0.29, 0.717) is 28.6 Å². The van der Waals surface area contributed by atoms with Crippen LogP contribution in [0.3, 0.4) is 0 Å². The van der Waals surface area contributed by atoms with Crippen LogP contribution in [0.2, 0.25) is 0 Å². The van der Waals surface area contributed by atoms with E-state index in [4.69, 9.17) is 14.7 Å². The van der Waals surface area contributed by atoms with Crippen LogP contribution in [0.5, 0.6) is 17.2 Å². The lowest BCUT2D eigenvalue weighted by Crippen LogP contribution is -2.20. The van der Waals surface area contributed by atoms with Crippen molar-refractivity contribution in [2.75, 3.05) is 13.7 Å². The first kappa shape index (κ1) is 25.8. The van der Waals surface area contributed by atoms with Crippen molar-refractivity contribution in [3.63, 3.8) is 0 Å². The predicted octanol–water partition coefficient (Wildman–Crippen LogP) is 5.58. The minimum atomic E-state index is -4.72. The van der Waals surface area contributed by atoms with E-state index in [9.17, 15) is 18.0 Å². The fourth-order valence-electron chi connectivity index (χ4n) is 3.37. The van der Waals surface area contributed by atoms with Crippen LogP contribution in [-0.4, -0.2) is 29.7 Å². The summed E-state index contributed by atoms with van der Waals surface area (Å²) >= 11 is 1.19. The van der Waals surface area contributed by atoms with Gasteiger partial charge in [-0.2, -0.15) is 18.4 Å². The molecular weight excluding hydrogens is 505 g/mol. The van der Waals surface area contributed by atoms with Gasteiger partial charge in [-0.25, -0.2) is 0 Å². The third-order valence-corrected chi connectivity index (χ3v) is 6.10. The molecule has 2 heterocycles. The number of aromatic nitrogens is 1. The number of amides is 1. The number of pyridine rings is 1. The van der Waals surface area contributed by atoms with Crippen molar-refractivity contribution in [3.05, 3.63) is 88.1 Å². The Morgan fingerprint density at radius 3 is 2.68 bits per heavy atom. The second kappa shape index (κ2) is 11.2. The van der Waals surface area contributed by atoms with E-state index in [0.717, 1.165) is 17.7 Å². The van der Waals surface area contributed by atoms with E-state index in [2.05, 4.69) is 15.3 Å². The lowest BCUT2D eigenvalue weighted by atomic mass is 10.1. The molecule has 1 amide bonds. The first-order valence-electron chi connectivity index (χ1n) is 10.9. The molecule has 37 heavy (non-hydrogen) atoms. The molecule has 0 aliphatic carbocycles. The van der Waals surface area contributed by atoms with Gasteiger partial charge in [0.1, 0.15) is 5.75 Å². The summed E-state index contributed by atoms with van der Waals surface area (Å²) in [7, 11) is 1.35. The van der Waals surface area contributed by atoms with Crippen LogP contribution >= 0.6 is 11.8 Å². The van der Waals surface area contributed by atoms with E-state index < -0.39 is 17.5 Å². The minimum Gasteiger partial charge on any atom is -0.493 e. The van der Waals surface area contributed by atoms with E-state index >= 15 is 0 Å². The average molecular weight is 525 g/mol. The van der Waals surface area contributed by atoms with Gasteiger partial charge in [0.2, 0.25) is 0 Å². The molecule has 1 aliphatic rings. The number of amidine groups is 1. The van der Waals surface area contributed by atoms with Crippen LogP contribution in [0.4, 0.5) is 13.2 Å². The molecule has 1 aliphatic heterocycles. The molecule has 4 rings (SSSR count). The molecule has 7 nitrogen and oxygen atoms in total. The molecule has 0 radical (unpaired) electrons. The van der Waals surface area contributed by atoms with Gasteiger partial charge in [-0.3, -0.25) is 14.8 Å². The zero-order valence-corrected chi connectivity index (χ0v) is 20.2. The molecular formula is C26H19F3N4O3S. The van der Waals surface area contributed by atoms with Crippen molar-refractivity contribution in [1.29, 1.82) is 5.26 Å². The number of ether oxygens (including phenoxy) is 2. The summed E-state index contributed by atoms with van der Waals surface area (Å²) in [4.78, 5) is 21.3. The fourth-order valence-corrected chi connectivity index (χ4v) is 4.22. The lowest BCUT2D eigenvalue weighted by molar-refractivity contribution is -0.138. The number of carbonyl (C=O) groups is 1. The molecule has 1 N–H and O–H groups in total. The number of thioether (sulfide) groups is 1. The van der Waals surface area contributed by atoms with E-state index in [1.54, 1.807) is 36.7 Å². The van der Waals surface area contributed by atoms with Crippen LogP contribution in [0.1, 0.15) is 22.3 Å². The highest BCUT2D eigenvalue weighted by atomic mass is 32.2. The van der Waals surface area contributed by atoms with Crippen LogP contribution in [-0.2, 0) is 17.4 Å². The first-order chi connectivity index (χ1) is 17.8. The summed E-state index contributed by atoms with van der Waals surface area (Å²) < 4.78 is 51.3. The number of hydrogen-bond donors (Lipinski definition) is 1. The molecule has 2 aromatic carbocycles. The molecule has 188 valence electrons.